The average molecular weight is 393 g/mol. The summed E-state index contributed by atoms with van der Waals surface area (Å²) >= 11 is 3.39. The first-order chi connectivity index (χ1) is 12.2. The van der Waals surface area contributed by atoms with Gasteiger partial charge in [-0.1, -0.05) is 34.1 Å². The number of rotatable bonds is 3. The maximum absolute atomic E-state index is 9.88. The minimum atomic E-state index is 0.183. The second kappa shape index (κ2) is 6.49. The van der Waals surface area contributed by atoms with Crippen molar-refractivity contribution < 1.29 is 5.11 Å². The Labute approximate surface area is 152 Å². The third kappa shape index (κ3) is 3.29. The number of halogens is 1. The Bertz CT molecular complexity index is 1070. The van der Waals surface area contributed by atoms with Crippen molar-refractivity contribution in [2.45, 2.75) is 0 Å². The fourth-order valence-electron chi connectivity index (χ4n) is 2.43. The van der Waals surface area contributed by atoms with Gasteiger partial charge in [0.05, 0.1) is 11.4 Å². The Morgan fingerprint density at radius 2 is 1.72 bits per heavy atom. The van der Waals surface area contributed by atoms with Gasteiger partial charge >= 0.3 is 0 Å². The number of aromatic hydroxyl groups is 1. The average Bonchev–Trinajstić information content (AvgIpc) is 3.06. The van der Waals surface area contributed by atoms with Crippen molar-refractivity contribution in [3.8, 4) is 11.4 Å². The first-order valence-electron chi connectivity index (χ1n) is 7.64. The second-order valence-corrected chi connectivity index (χ2v) is 6.38. The van der Waals surface area contributed by atoms with Crippen molar-refractivity contribution in [2.75, 3.05) is 0 Å². The minimum absolute atomic E-state index is 0.183. The van der Waals surface area contributed by atoms with Gasteiger partial charge < -0.3 is 5.11 Å². The van der Waals surface area contributed by atoms with Crippen LogP contribution in [0.15, 0.2) is 76.2 Å². The predicted molar refractivity (Wildman–Crippen MR) is 102 cm³/mol. The van der Waals surface area contributed by atoms with E-state index in [4.69, 9.17) is 0 Å². The summed E-state index contributed by atoms with van der Waals surface area (Å²) in [5, 5.41) is 18.9. The number of phenols is 1. The molecule has 0 unspecified atom stereocenters. The summed E-state index contributed by atoms with van der Waals surface area (Å²) in [5.74, 6) is 0.183. The summed E-state index contributed by atoms with van der Waals surface area (Å²) in [7, 11) is 0. The number of aromatic nitrogens is 3. The zero-order valence-corrected chi connectivity index (χ0v) is 14.6. The van der Waals surface area contributed by atoms with Crippen molar-refractivity contribution in [3.05, 3.63) is 76.8 Å². The van der Waals surface area contributed by atoms with Gasteiger partial charge in [-0.25, -0.2) is 0 Å². The zero-order valence-electron chi connectivity index (χ0n) is 13.0. The molecule has 25 heavy (non-hydrogen) atoms. The second-order valence-electron chi connectivity index (χ2n) is 5.46. The Balaban J connectivity index is 1.67. The molecule has 5 nitrogen and oxygen atoms in total. The number of fused-ring (bicyclic) bond motifs is 1. The third-order valence-electron chi connectivity index (χ3n) is 3.69. The van der Waals surface area contributed by atoms with E-state index in [0.29, 0.717) is 5.56 Å². The molecule has 0 radical (unpaired) electrons. The van der Waals surface area contributed by atoms with Crippen LogP contribution in [0.1, 0.15) is 5.56 Å². The lowest BCUT2D eigenvalue weighted by Gasteiger charge is -1.99. The lowest BCUT2D eigenvalue weighted by atomic mass is 10.2. The number of benzene rings is 3. The summed E-state index contributed by atoms with van der Waals surface area (Å²) in [6, 6.07) is 20.6. The molecule has 1 aromatic heterocycles. The van der Waals surface area contributed by atoms with Gasteiger partial charge in [0.25, 0.3) is 0 Å². The van der Waals surface area contributed by atoms with E-state index in [2.05, 4.69) is 31.1 Å². The highest BCUT2D eigenvalue weighted by molar-refractivity contribution is 9.10. The van der Waals surface area contributed by atoms with E-state index in [-0.39, 0.29) is 5.75 Å². The van der Waals surface area contributed by atoms with Crippen molar-refractivity contribution in [3.63, 3.8) is 0 Å². The van der Waals surface area contributed by atoms with Gasteiger partial charge in [0.15, 0.2) is 0 Å². The van der Waals surface area contributed by atoms with Crippen LogP contribution in [0, 0.1) is 0 Å². The molecule has 0 aliphatic rings. The number of para-hydroxylation sites is 1. The molecule has 0 atom stereocenters. The highest BCUT2D eigenvalue weighted by atomic mass is 79.9. The highest BCUT2D eigenvalue weighted by Crippen LogP contribution is 2.23. The summed E-state index contributed by atoms with van der Waals surface area (Å²) in [4.78, 5) is 6.04. The van der Waals surface area contributed by atoms with E-state index < -0.39 is 0 Å². The van der Waals surface area contributed by atoms with Crippen molar-refractivity contribution in [1.29, 1.82) is 0 Å². The molecule has 0 saturated heterocycles. The molecule has 4 rings (SSSR count). The fourth-order valence-corrected chi connectivity index (χ4v) is 2.81. The van der Waals surface area contributed by atoms with Crippen molar-refractivity contribution >= 4 is 38.9 Å². The van der Waals surface area contributed by atoms with E-state index in [1.54, 1.807) is 23.1 Å². The summed E-state index contributed by atoms with van der Waals surface area (Å²) in [6.07, 6.45) is 1.63. The maximum atomic E-state index is 9.88. The van der Waals surface area contributed by atoms with Crippen LogP contribution < -0.4 is 0 Å². The summed E-state index contributed by atoms with van der Waals surface area (Å²) in [5.41, 5.74) is 3.85. The van der Waals surface area contributed by atoms with Crippen molar-refractivity contribution in [2.24, 2.45) is 4.99 Å². The molecule has 1 heterocycles. The zero-order chi connectivity index (χ0) is 17.2. The van der Waals surface area contributed by atoms with Crippen LogP contribution in [0.4, 0.5) is 5.69 Å². The largest absolute Gasteiger partial charge is 0.507 e. The third-order valence-corrected chi connectivity index (χ3v) is 4.19. The first-order valence-corrected chi connectivity index (χ1v) is 8.43. The van der Waals surface area contributed by atoms with Gasteiger partial charge in [0.1, 0.15) is 16.8 Å². The Hall–Kier alpha value is -2.99. The van der Waals surface area contributed by atoms with E-state index in [1.807, 2.05) is 54.6 Å². The minimum Gasteiger partial charge on any atom is -0.507 e. The lowest BCUT2D eigenvalue weighted by Crippen LogP contribution is -1.97. The Kier molecular flexibility index (Phi) is 4.03. The SMILES string of the molecule is Oc1ccc(Br)cc1C=Nc1ccc2nn(-c3ccccc3)nc2c1. The molecule has 0 aliphatic heterocycles. The molecule has 0 aliphatic carbocycles. The molecular weight excluding hydrogens is 380 g/mol. The first kappa shape index (κ1) is 15.5. The number of hydrogen-bond acceptors (Lipinski definition) is 4. The van der Waals surface area contributed by atoms with Crippen LogP contribution >= 0.6 is 15.9 Å². The smallest absolute Gasteiger partial charge is 0.124 e. The normalized spacial score (nSPS) is 11.4. The number of phenolic OH excluding ortho intramolecular Hbond substituents is 1. The van der Waals surface area contributed by atoms with Crippen LogP contribution in [0.3, 0.4) is 0 Å². The van der Waals surface area contributed by atoms with Gasteiger partial charge in [0.2, 0.25) is 0 Å². The standard InChI is InChI=1S/C19H13BrN4O/c20-14-6-9-19(25)13(10-14)12-21-15-7-8-17-18(11-15)23-24(22-17)16-4-2-1-3-5-16/h1-12,25H. The Morgan fingerprint density at radius 1 is 0.920 bits per heavy atom. The molecule has 0 spiro atoms. The van der Waals surface area contributed by atoms with Gasteiger partial charge in [0, 0.05) is 16.3 Å². The maximum Gasteiger partial charge on any atom is 0.124 e. The monoisotopic (exact) mass is 392 g/mol. The topological polar surface area (TPSA) is 63.3 Å². The molecule has 3 aromatic carbocycles. The molecule has 4 aromatic rings. The van der Waals surface area contributed by atoms with Crippen LogP contribution in [0.5, 0.6) is 5.75 Å². The molecule has 0 fully saturated rings. The molecule has 122 valence electrons. The number of aliphatic imine (C=N–C) groups is 1. The highest BCUT2D eigenvalue weighted by Gasteiger charge is 2.05. The molecule has 0 amide bonds. The van der Waals surface area contributed by atoms with Crippen LogP contribution in [-0.4, -0.2) is 26.3 Å². The van der Waals surface area contributed by atoms with Crippen LogP contribution in [0.25, 0.3) is 16.7 Å². The summed E-state index contributed by atoms with van der Waals surface area (Å²) < 4.78 is 0.882. The molecule has 0 saturated carbocycles. The van der Waals surface area contributed by atoms with Gasteiger partial charge in [-0.3, -0.25) is 4.99 Å². The quantitative estimate of drug-likeness (QED) is 0.516. The molecule has 1 N–H and O–H groups in total. The van der Waals surface area contributed by atoms with E-state index in [0.717, 1.165) is 26.9 Å². The number of nitrogens with zero attached hydrogens (tertiary/aromatic N) is 4. The van der Waals surface area contributed by atoms with E-state index in [9.17, 15) is 5.11 Å². The van der Waals surface area contributed by atoms with Gasteiger partial charge in [-0.2, -0.15) is 4.80 Å². The van der Waals surface area contributed by atoms with Gasteiger partial charge in [-0.05, 0) is 48.5 Å². The molecule has 6 heteroatoms. The Morgan fingerprint density at radius 3 is 2.56 bits per heavy atom. The molecule has 0 bridgehead atoms. The van der Waals surface area contributed by atoms with E-state index >= 15 is 0 Å². The summed E-state index contributed by atoms with van der Waals surface area (Å²) in [6.45, 7) is 0. The lowest BCUT2D eigenvalue weighted by molar-refractivity contribution is 0.474. The van der Waals surface area contributed by atoms with Crippen molar-refractivity contribution in [1.82, 2.24) is 15.0 Å². The fraction of sp³-hybridized carbons (Fsp3) is 0. The van der Waals surface area contributed by atoms with Crippen LogP contribution in [0.2, 0.25) is 0 Å². The van der Waals surface area contributed by atoms with E-state index in [1.165, 1.54) is 0 Å². The predicted octanol–water partition coefficient (Wildman–Crippen LogP) is 4.64. The molecular formula is C19H13BrN4O. The van der Waals surface area contributed by atoms with Gasteiger partial charge in [-0.15, -0.1) is 10.2 Å². The van der Waals surface area contributed by atoms with Crippen LogP contribution in [-0.2, 0) is 0 Å². The number of hydrogen-bond donors (Lipinski definition) is 1.